The van der Waals surface area contributed by atoms with E-state index < -0.39 is 16.0 Å². The summed E-state index contributed by atoms with van der Waals surface area (Å²) in [5.74, 6) is -1.09. The zero-order valence-electron chi connectivity index (χ0n) is 10.5. The van der Waals surface area contributed by atoms with Crippen LogP contribution in [-0.2, 0) is 16.6 Å². The second-order valence-electron chi connectivity index (χ2n) is 4.14. The van der Waals surface area contributed by atoms with Crippen LogP contribution in [0.5, 0.6) is 0 Å². The molecular weight excluding hydrogens is 278 g/mol. The van der Waals surface area contributed by atoms with Gasteiger partial charge in [0.1, 0.15) is 0 Å². The van der Waals surface area contributed by atoms with E-state index in [1.54, 1.807) is 0 Å². The van der Waals surface area contributed by atoms with Gasteiger partial charge in [-0.05, 0) is 29.8 Å². The SMILES string of the molecule is O=C(O)c1ccc(S(=O)(=O)NCc2ccccc2)cc1. The van der Waals surface area contributed by atoms with Gasteiger partial charge in [0.15, 0.2) is 0 Å². The summed E-state index contributed by atoms with van der Waals surface area (Å²) >= 11 is 0. The first-order valence-corrected chi connectivity index (χ1v) is 7.34. The Morgan fingerprint density at radius 3 is 2.15 bits per heavy atom. The maximum Gasteiger partial charge on any atom is 0.335 e. The third-order valence-corrected chi connectivity index (χ3v) is 4.14. The maximum atomic E-state index is 12.0. The van der Waals surface area contributed by atoms with Gasteiger partial charge in [-0.15, -0.1) is 0 Å². The molecule has 6 heteroatoms. The second kappa shape index (κ2) is 5.85. The van der Waals surface area contributed by atoms with Crippen LogP contribution in [0.15, 0.2) is 59.5 Å². The lowest BCUT2D eigenvalue weighted by Crippen LogP contribution is -2.23. The Balaban J connectivity index is 2.12. The predicted octanol–water partition coefficient (Wildman–Crippen LogP) is 1.86. The van der Waals surface area contributed by atoms with Gasteiger partial charge in [-0.3, -0.25) is 0 Å². The Labute approximate surface area is 116 Å². The number of carbonyl (C=O) groups is 1. The van der Waals surface area contributed by atoms with E-state index in [4.69, 9.17) is 5.11 Å². The van der Waals surface area contributed by atoms with Crippen molar-refractivity contribution in [3.05, 3.63) is 65.7 Å². The molecule has 0 radical (unpaired) electrons. The van der Waals surface area contributed by atoms with Crippen molar-refractivity contribution < 1.29 is 18.3 Å². The summed E-state index contributed by atoms with van der Waals surface area (Å²) in [7, 11) is -3.64. The summed E-state index contributed by atoms with van der Waals surface area (Å²) in [6.45, 7) is 0.184. The summed E-state index contributed by atoms with van der Waals surface area (Å²) < 4.78 is 26.5. The molecule has 20 heavy (non-hydrogen) atoms. The van der Waals surface area contributed by atoms with Crippen molar-refractivity contribution in [2.45, 2.75) is 11.4 Å². The van der Waals surface area contributed by atoms with Crippen LogP contribution in [0.2, 0.25) is 0 Å². The van der Waals surface area contributed by atoms with Crippen molar-refractivity contribution >= 4 is 16.0 Å². The van der Waals surface area contributed by atoms with E-state index in [-0.39, 0.29) is 17.0 Å². The molecule has 2 aromatic rings. The fourth-order valence-electron chi connectivity index (χ4n) is 1.63. The Hall–Kier alpha value is -2.18. The van der Waals surface area contributed by atoms with Crippen molar-refractivity contribution in [1.29, 1.82) is 0 Å². The Kier molecular flexibility index (Phi) is 4.16. The fraction of sp³-hybridized carbons (Fsp3) is 0.0714. The van der Waals surface area contributed by atoms with Crippen LogP contribution in [0.3, 0.4) is 0 Å². The van der Waals surface area contributed by atoms with Crippen LogP contribution >= 0.6 is 0 Å². The van der Waals surface area contributed by atoms with Crippen molar-refractivity contribution in [2.24, 2.45) is 0 Å². The highest BCUT2D eigenvalue weighted by Crippen LogP contribution is 2.11. The summed E-state index contributed by atoms with van der Waals surface area (Å²) in [6.07, 6.45) is 0. The highest BCUT2D eigenvalue weighted by atomic mass is 32.2. The van der Waals surface area contributed by atoms with Gasteiger partial charge < -0.3 is 5.11 Å². The number of hydrogen-bond acceptors (Lipinski definition) is 3. The molecule has 2 N–H and O–H groups in total. The van der Waals surface area contributed by atoms with Gasteiger partial charge >= 0.3 is 5.97 Å². The van der Waals surface area contributed by atoms with Crippen molar-refractivity contribution in [1.82, 2.24) is 4.72 Å². The number of carboxylic acid groups (broad SMARTS) is 1. The smallest absolute Gasteiger partial charge is 0.335 e. The first kappa shape index (κ1) is 14.2. The van der Waals surface area contributed by atoms with Crippen LogP contribution in [0, 0.1) is 0 Å². The van der Waals surface area contributed by atoms with E-state index >= 15 is 0 Å². The standard InChI is InChI=1S/C14H13NO4S/c16-14(17)12-6-8-13(9-7-12)20(18,19)15-10-11-4-2-1-3-5-11/h1-9,15H,10H2,(H,16,17). The van der Waals surface area contributed by atoms with Gasteiger partial charge in [0.2, 0.25) is 10.0 Å². The van der Waals surface area contributed by atoms with Gasteiger partial charge in [-0.1, -0.05) is 30.3 Å². The molecule has 0 aromatic heterocycles. The van der Waals surface area contributed by atoms with Crippen molar-refractivity contribution in [3.63, 3.8) is 0 Å². The van der Waals surface area contributed by atoms with Gasteiger partial charge in [0.25, 0.3) is 0 Å². The molecular formula is C14H13NO4S. The molecule has 0 spiro atoms. The molecule has 0 saturated carbocycles. The number of benzene rings is 2. The molecule has 0 amide bonds. The third kappa shape index (κ3) is 3.43. The number of carboxylic acids is 1. The predicted molar refractivity (Wildman–Crippen MR) is 73.9 cm³/mol. The van der Waals surface area contributed by atoms with E-state index in [0.29, 0.717) is 0 Å². The molecule has 0 atom stereocenters. The zero-order valence-corrected chi connectivity index (χ0v) is 11.3. The molecule has 0 aliphatic carbocycles. The maximum absolute atomic E-state index is 12.0. The second-order valence-corrected chi connectivity index (χ2v) is 5.91. The highest BCUT2D eigenvalue weighted by molar-refractivity contribution is 7.89. The minimum absolute atomic E-state index is 0.0402. The van der Waals surface area contributed by atoms with Crippen molar-refractivity contribution in [3.8, 4) is 0 Å². The third-order valence-electron chi connectivity index (χ3n) is 2.72. The van der Waals surface area contributed by atoms with Crippen LogP contribution in [-0.4, -0.2) is 19.5 Å². The molecule has 5 nitrogen and oxygen atoms in total. The van der Waals surface area contributed by atoms with Gasteiger partial charge in [-0.25, -0.2) is 17.9 Å². The molecule has 0 bridgehead atoms. The number of nitrogens with one attached hydrogen (secondary N) is 1. The molecule has 0 fully saturated rings. The van der Waals surface area contributed by atoms with E-state index in [1.165, 1.54) is 24.3 Å². The molecule has 0 unspecified atom stereocenters. The summed E-state index contributed by atoms with van der Waals surface area (Å²) in [6, 6.07) is 14.2. The number of hydrogen-bond donors (Lipinski definition) is 2. The Morgan fingerprint density at radius 2 is 1.60 bits per heavy atom. The van der Waals surface area contributed by atoms with E-state index in [1.807, 2.05) is 30.3 Å². The first-order chi connectivity index (χ1) is 9.49. The molecule has 2 rings (SSSR count). The molecule has 0 aliphatic rings. The largest absolute Gasteiger partial charge is 0.478 e. The van der Waals surface area contributed by atoms with E-state index in [2.05, 4.69) is 4.72 Å². The zero-order chi connectivity index (χ0) is 14.6. The van der Waals surface area contributed by atoms with Crippen LogP contribution in [0.4, 0.5) is 0 Å². The molecule has 2 aromatic carbocycles. The highest BCUT2D eigenvalue weighted by Gasteiger charge is 2.14. The van der Waals surface area contributed by atoms with Crippen LogP contribution in [0.1, 0.15) is 15.9 Å². The monoisotopic (exact) mass is 291 g/mol. The van der Waals surface area contributed by atoms with Gasteiger partial charge in [0.05, 0.1) is 10.5 Å². The van der Waals surface area contributed by atoms with Crippen LogP contribution in [0.25, 0.3) is 0 Å². The first-order valence-electron chi connectivity index (χ1n) is 5.86. The van der Waals surface area contributed by atoms with Crippen LogP contribution < -0.4 is 4.72 Å². The number of rotatable bonds is 5. The molecule has 0 saturated heterocycles. The Bertz CT molecular complexity index is 694. The summed E-state index contributed by atoms with van der Waals surface area (Å²) in [5, 5.41) is 8.77. The topological polar surface area (TPSA) is 83.5 Å². The average Bonchev–Trinajstić information content (AvgIpc) is 2.46. The minimum atomic E-state index is -3.64. The average molecular weight is 291 g/mol. The minimum Gasteiger partial charge on any atom is -0.478 e. The quantitative estimate of drug-likeness (QED) is 0.880. The molecule has 0 aliphatic heterocycles. The lowest BCUT2D eigenvalue weighted by Gasteiger charge is -2.07. The number of sulfonamides is 1. The Morgan fingerprint density at radius 1 is 1.00 bits per heavy atom. The van der Waals surface area contributed by atoms with E-state index in [9.17, 15) is 13.2 Å². The van der Waals surface area contributed by atoms with Crippen molar-refractivity contribution in [2.75, 3.05) is 0 Å². The molecule has 104 valence electrons. The lowest BCUT2D eigenvalue weighted by molar-refractivity contribution is 0.0696. The van der Waals surface area contributed by atoms with E-state index in [0.717, 1.165) is 5.56 Å². The fourth-order valence-corrected chi connectivity index (χ4v) is 2.65. The van der Waals surface area contributed by atoms with Gasteiger partial charge in [0, 0.05) is 6.54 Å². The normalized spacial score (nSPS) is 11.2. The van der Waals surface area contributed by atoms with Gasteiger partial charge in [-0.2, -0.15) is 0 Å². The number of aromatic carboxylic acids is 1. The summed E-state index contributed by atoms with van der Waals surface area (Å²) in [4.78, 5) is 10.7. The lowest BCUT2D eigenvalue weighted by atomic mass is 10.2. The molecule has 0 heterocycles. The summed E-state index contributed by atoms with van der Waals surface area (Å²) in [5.41, 5.74) is 0.894.